The first kappa shape index (κ1) is 15.8. The predicted molar refractivity (Wildman–Crippen MR) is 68.8 cm³/mol. The largest absolute Gasteiger partial charge is 0.573 e. The van der Waals surface area contributed by atoms with Crippen LogP contribution in [0.1, 0.15) is 26.3 Å². The molecule has 0 heterocycles. The third-order valence-electron chi connectivity index (χ3n) is 3.12. The minimum absolute atomic E-state index is 0.139. The van der Waals surface area contributed by atoms with E-state index in [0.717, 1.165) is 6.54 Å². The lowest BCUT2D eigenvalue weighted by Crippen LogP contribution is -2.25. The van der Waals surface area contributed by atoms with E-state index in [1.54, 1.807) is 12.1 Å². The smallest absolute Gasteiger partial charge is 0.405 e. The van der Waals surface area contributed by atoms with Crippen molar-refractivity contribution in [2.24, 2.45) is 11.8 Å². The predicted octanol–water partition coefficient (Wildman–Crippen LogP) is 3.97. The summed E-state index contributed by atoms with van der Waals surface area (Å²) in [6, 6.07) is 6.19. The van der Waals surface area contributed by atoms with Crippen molar-refractivity contribution in [2.45, 2.75) is 33.7 Å². The minimum Gasteiger partial charge on any atom is -0.405 e. The van der Waals surface area contributed by atoms with Crippen LogP contribution in [0.15, 0.2) is 24.3 Å². The Hall–Kier alpha value is -1.23. The summed E-state index contributed by atoms with van der Waals surface area (Å²) in [6.07, 6.45) is -4.65. The summed E-state index contributed by atoms with van der Waals surface area (Å²) in [7, 11) is 0. The van der Waals surface area contributed by atoms with Gasteiger partial charge in [-0.05, 0) is 24.4 Å². The fourth-order valence-electron chi connectivity index (χ4n) is 1.54. The van der Waals surface area contributed by atoms with Gasteiger partial charge in [-0.3, -0.25) is 0 Å². The second-order valence-corrected chi connectivity index (χ2v) is 5.01. The van der Waals surface area contributed by atoms with Crippen LogP contribution in [-0.2, 0) is 6.54 Å². The molecule has 1 aromatic rings. The van der Waals surface area contributed by atoms with Gasteiger partial charge < -0.3 is 10.1 Å². The van der Waals surface area contributed by atoms with Gasteiger partial charge in [0.05, 0.1) is 0 Å². The molecule has 0 radical (unpaired) electrons. The van der Waals surface area contributed by atoms with E-state index in [2.05, 4.69) is 30.8 Å². The van der Waals surface area contributed by atoms with Crippen LogP contribution in [0.5, 0.6) is 5.75 Å². The van der Waals surface area contributed by atoms with Crippen LogP contribution in [0.25, 0.3) is 0 Å². The third-order valence-corrected chi connectivity index (χ3v) is 3.12. The minimum atomic E-state index is -4.65. The van der Waals surface area contributed by atoms with Crippen LogP contribution in [-0.4, -0.2) is 12.9 Å². The zero-order chi connectivity index (χ0) is 14.5. The van der Waals surface area contributed by atoms with Crippen LogP contribution < -0.4 is 10.1 Å². The molecule has 0 amide bonds. The normalized spacial score (nSPS) is 13.6. The number of hydrogen-bond donors (Lipinski definition) is 1. The average molecular weight is 275 g/mol. The summed E-state index contributed by atoms with van der Waals surface area (Å²) >= 11 is 0. The van der Waals surface area contributed by atoms with Crippen LogP contribution in [0.3, 0.4) is 0 Å². The van der Waals surface area contributed by atoms with E-state index >= 15 is 0 Å². The highest BCUT2D eigenvalue weighted by Crippen LogP contribution is 2.26. The van der Waals surface area contributed by atoms with Crippen molar-refractivity contribution < 1.29 is 17.9 Å². The summed E-state index contributed by atoms with van der Waals surface area (Å²) in [6.45, 7) is 7.47. The van der Waals surface area contributed by atoms with Crippen molar-refractivity contribution in [2.75, 3.05) is 6.54 Å². The van der Waals surface area contributed by atoms with Crippen molar-refractivity contribution in [1.82, 2.24) is 5.32 Å². The van der Waals surface area contributed by atoms with Gasteiger partial charge in [0.2, 0.25) is 0 Å². The molecular formula is C14H20F3NO. The van der Waals surface area contributed by atoms with Gasteiger partial charge in [-0.2, -0.15) is 0 Å². The first-order valence-electron chi connectivity index (χ1n) is 6.34. The number of alkyl halides is 3. The highest BCUT2D eigenvalue weighted by atomic mass is 19.4. The molecule has 108 valence electrons. The zero-order valence-electron chi connectivity index (χ0n) is 11.4. The maximum absolute atomic E-state index is 12.2. The van der Waals surface area contributed by atoms with Crippen molar-refractivity contribution in [1.29, 1.82) is 0 Å². The number of benzene rings is 1. The van der Waals surface area contributed by atoms with Crippen molar-refractivity contribution >= 4 is 0 Å². The fourth-order valence-corrected chi connectivity index (χ4v) is 1.54. The molecule has 1 N–H and O–H groups in total. The first-order chi connectivity index (χ1) is 8.79. The maximum Gasteiger partial charge on any atom is 0.573 e. The monoisotopic (exact) mass is 275 g/mol. The summed E-state index contributed by atoms with van der Waals surface area (Å²) in [5, 5.41) is 3.16. The van der Waals surface area contributed by atoms with Crippen molar-refractivity contribution in [3.8, 4) is 5.75 Å². The van der Waals surface area contributed by atoms with Crippen LogP contribution in [0.2, 0.25) is 0 Å². The Balaban J connectivity index is 2.58. The zero-order valence-corrected chi connectivity index (χ0v) is 11.4. The second-order valence-electron chi connectivity index (χ2n) is 5.01. The lowest BCUT2D eigenvalue weighted by atomic mass is 9.98. The molecule has 0 spiro atoms. The molecule has 0 saturated heterocycles. The highest BCUT2D eigenvalue weighted by Gasteiger charge is 2.31. The Morgan fingerprint density at radius 1 is 1.16 bits per heavy atom. The molecule has 1 rings (SSSR count). The van der Waals surface area contributed by atoms with E-state index < -0.39 is 6.36 Å². The summed E-state index contributed by atoms with van der Waals surface area (Å²) in [5.41, 5.74) is 0.510. The summed E-state index contributed by atoms with van der Waals surface area (Å²) in [4.78, 5) is 0. The van der Waals surface area contributed by atoms with Gasteiger partial charge in [-0.25, -0.2) is 0 Å². The molecule has 0 aliphatic heterocycles. The molecule has 5 heteroatoms. The van der Waals surface area contributed by atoms with Crippen LogP contribution >= 0.6 is 0 Å². The molecule has 0 aromatic heterocycles. The third kappa shape index (κ3) is 5.96. The Kier molecular flexibility index (Phi) is 5.66. The fraction of sp³-hybridized carbons (Fsp3) is 0.571. The maximum atomic E-state index is 12.2. The van der Waals surface area contributed by atoms with Gasteiger partial charge in [0.15, 0.2) is 0 Å². The molecule has 19 heavy (non-hydrogen) atoms. The Labute approximate surface area is 112 Å². The molecule has 1 aromatic carbocycles. The van der Waals surface area contributed by atoms with Gasteiger partial charge in [0, 0.05) is 12.1 Å². The van der Waals surface area contributed by atoms with Gasteiger partial charge in [-0.15, -0.1) is 13.2 Å². The molecular weight excluding hydrogens is 255 g/mol. The van der Waals surface area contributed by atoms with E-state index in [1.807, 2.05) is 0 Å². The number of nitrogens with one attached hydrogen (secondary N) is 1. The molecule has 1 atom stereocenters. The molecule has 1 unspecified atom stereocenters. The molecule has 2 nitrogen and oxygen atoms in total. The van der Waals surface area contributed by atoms with E-state index in [4.69, 9.17) is 0 Å². The molecule has 0 aliphatic carbocycles. The number of hydrogen-bond acceptors (Lipinski definition) is 2. The van der Waals surface area contributed by atoms with Crippen molar-refractivity contribution in [3.05, 3.63) is 29.8 Å². The quantitative estimate of drug-likeness (QED) is 0.848. The van der Waals surface area contributed by atoms with Crippen molar-refractivity contribution in [3.63, 3.8) is 0 Å². The van der Waals surface area contributed by atoms with E-state index in [0.29, 0.717) is 23.9 Å². The molecule has 0 bridgehead atoms. The van der Waals surface area contributed by atoms with Gasteiger partial charge >= 0.3 is 6.36 Å². The lowest BCUT2D eigenvalue weighted by molar-refractivity contribution is -0.274. The Bertz CT molecular complexity index is 391. The number of halogens is 3. The SMILES string of the molecule is CC(C)C(C)CNCc1ccccc1OC(F)(F)F. The highest BCUT2D eigenvalue weighted by molar-refractivity contribution is 5.33. The molecule has 0 aliphatic rings. The van der Waals surface area contributed by atoms with Gasteiger partial charge in [0.1, 0.15) is 5.75 Å². The van der Waals surface area contributed by atoms with Crippen LogP contribution in [0, 0.1) is 11.8 Å². The Morgan fingerprint density at radius 2 is 1.79 bits per heavy atom. The first-order valence-corrected chi connectivity index (χ1v) is 6.34. The van der Waals surface area contributed by atoms with Gasteiger partial charge in [-0.1, -0.05) is 39.0 Å². The molecule has 0 fully saturated rings. The number of para-hydroxylation sites is 1. The molecule has 0 saturated carbocycles. The number of rotatable bonds is 6. The van der Waals surface area contributed by atoms with Gasteiger partial charge in [0.25, 0.3) is 0 Å². The van der Waals surface area contributed by atoms with Crippen LogP contribution in [0.4, 0.5) is 13.2 Å². The van der Waals surface area contributed by atoms with E-state index in [-0.39, 0.29) is 5.75 Å². The van der Waals surface area contributed by atoms with E-state index in [9.17, 15) is 13.2 Å². The Morgan fingerprint density at radius 3 is 2.37 bits per heavy atom. The summed E-state index contributed by atoms with van der Waals surface area (Å²) in [5.74, 6) is 0.865. The standard InChI is InChI=1S/C14H20F3NO/c1-10(2)11(3)8-18-9-12-6-4-5-7-13(12)19-14(15,16)17/h4-7,10-11,18H,8-9H2,1-3H3. The summed E-state index contributed by atoms with van der Waals surface area (Å²) < 4.78 is 40.7. The topological polar surface area (TPSA) is 21.3 Å². The van der Waals surface area contributed by atoms with E-state index in [1.165, 1.54) is 12.1 Å². The number of ether oxygens (including phenoxy) is 1. The lowest BCUT2D eigenvalue weighted by Gasteiger charge is -2.17. The second kappa shape index (κ2) is 6.80. The average Bonchev–Trinajstić information content (AvgIpc) is 2.29.